The molecular weight excluding hydrogens is 226 g/mol. The van der Waals surface area contributed by atoms with Crippen LogP contribution in [-0.2, 0) is 9.59 Å². The molecule has 0 aliphatic heterocycles. The molecule has 0 saturated heterocycles. The van der Waals surface area contributed by atoms with Gasteiger partial charge in [0, 0.05) is 19.5 Å². The van der Waals surface area contributed by atoms with Crippen molar-refractivity contribution in [2.75, 3.05) is 19.6 Å². The Morgan fingerprint density at radius 2 is 2.00 bits per heavy atom. The topological polar surface area (TPSA) is 113 Å². The van der Waals surface area contributed by atoms with Crippen LogP contribution in [0.15, 0.2) is 0 Å². The summed E-state index contributed by atoms with van der Waals surface area (Å²) in [5, 5.41) is 11.1. The van der Waals surface area contributed by atoms with Crippen LogP contribution >= 0.6 is 0 Å². The Balaban J connectivity index is 4.05. The van der Waals surface area contributed by atoms with E-state index in [4.69, 9.17) is 10.8 Å². The normalized spacial score (nSPS) is 11.6. The zero-order valence-electron chi connectivity index (χ0n) is 10.1. The number of carbonyl (C=O) groups is 3. The Morgan fingerprint density at radius 1 is 1.41 bits per heavy atom. The van der Waals surface area contributed by atoms with Crippen LogP contribution in [0, 0.1) is 5.92 Å². The van der Waals surface area contributed by atoms with Crippen molar-refractivity contribution in [1.29, 1.82) is 0 Å². The average Bonchev–Trinajstić information content (AvgIpc) is 2.21. The number of primary amides is 1. The highest BCUT2D eigenvalue weighted by molar-refractivity contribution is 5.82. The molecule has 0 spiro atoms. The first kappa shape index (κ1) is 15.2. The van der Waals surface area contributed by atoms with E-state index in [1.807, 2.05) is 0 Å². The number of hydrogen-bond donors (Lipinski definition) is 3. The molecule has 1 atom stereocenters. The van der Waals surface area contributed by atoms with Crippen molar-refractivity contribution >= 4 is 17.9 Å². The molecule has 3 amide bonds. The van der Waals surface area contributed by atoms with Gasteiger partial charge in [-0.05, 0) is 12.8 Å². The SMILES string of the molecule is CCN(CC(N)=O)C(=O)NCC(C)CC(=O)O. The van der Waals surface area contributed by atoms with E-state index < -0.39 is 17.9 Å². The van der Waals surface area contributed by atoms with Crippen molar-refractivity contribution in [3.05, 3.63) is 0 Å². The molecule has 0 fully saturated rings. The average molecular weight is 245 g/mol. The zero-order valence-corrected chi connectivity index (χ0v) is 10.1. The number of carboxylic acids is 1. The summed E-state index contributed by atoms with van der Waals surface area (Å²) in [7, 11) is 0. The molecule has 0 radical (unpaired) electrons. The molecule has 0 aliphatic rings. The van der Waals surface area contributed by atoms with E-state index >= 15 is 0 Å². The predicted octanol–water partition coefficient (Wildman–Crippen LogP) is -0.386. The zero-order chi connectivity index (χ0) is 13.4. The van der Waals surface area contributed by atoms with Gasteiger partial charge in [-0.1, -0.05) is 6.92 Å². The third kappa shape index (κ3) is 7.15. The minimum atomic E-state index is -0.906. The quantitative estimate of drug-likeness (QED) is 0.567. The molecule has 0 aliphatic carbocycles. The van der Waals surface area contributed by atoms with Crippen LogP contribution in [0.4, 0.5) is 4.79 Å². The Hall–Kier alpha value is -1.79. The lowest BCUT2D eigenvalue weighted by atomic mass is 10.1. The molecule has 0 bridgehead atoms. The van der Waals surface area contributed by atoms with Crippen LogP contribution in [0.3, 0.4) is 0 Å². The minimum Gasteiger partial charge on any atom is -0.481 e. The molecule has 4 N–H and O–H groups in total. The monoisotopic (exact) mass is 245 g/mol. The number of nitrogens with zero attached hydrogens (tertiary/aromatic N) is 1. The summed E-state index contributed by atoms with van der Waals surface area (Å²) in [5.41, 5.74) is 4.99. The van der Waals surface area contributed by atoms with Crippen LogP contribution in [0.1, 0.15) is 20.3 Å². The third-order valence-electron chi connectivity index (χ3n) is 2.14. The summed E-state index contributed by atoms with van der Waals surface area (Å²) >= 11 is 0. The summed E-state index contributed by atoms with van der Waals surface area (Å²) in [5.74, 6) is -1.65. The molecule has 0 rings (SSSR count). The smallest absolute Gasteiger partial charge is 0.317 e. The Kier molecular flexibility index (Phi) is 6.69. The molecule has 7 heteroatoms. The van der Waals surface area contributed by atoms with Crippen LogP contribution in [0.2, 0.25) is 0 Å². The summed E-state index contributed by atoms with van der Waals surface area (Å²) < 4.78 is 0. The fourth-order valence-electron chi connectivity index (χ4n) is 1.26. The number of urea groups is 1. The molecule has 0 aromatic rings. The Morgan fingerprint density at radius 3 is 2.41 bits per heavy atom. The van der Waals surface area contributed by atoms with Gasteiger partial charge in [-0.25, -0.2) is 4.79 Å². The lowest BCUT2D eigenvalue weighted by Crippen LogP contribution is -2.45. The fraction of sp³-hybridized carbons (Fsp3) is 0.700. The minimum absolute atomic E-state index is 0.0117. The second-order valence-corrected chi connectivity index (χ2v) is 3.87. The first-order valence-corrected chi connectivity index (χ1v) is 5.39. The van der Waals surface area contributed by atoms with Crippen molar-refractivity contribution in [3.63, 3.8) is 0 Å². The predicted molar refractivity (Wildman–Crippen MR) is 61.3 cm³/mol. The first-order valence-electron chi connectivity index (χ1n) is 5.39. The van der Waals surface area contributed by atoms with Gasteiger partial charge in [0.2, 0.25) is 5.91 Å². The van der Waals surface area contributed by atoms with Crippen LogP contribution in [0.25, 0.3) is 0 Å². The molecule has 17 heavy (non-hydrogen) atoms. The van der Waals surface area contributed by atoms with Gasteiger partial charge in [0.15, 0.2) is 0 Å². The van der Waals surface area contributed by atoms with Crippen molar-refractivity contribution in [3.8, 4) is 0 Å². The van der Waals surface area contributed by atoms with E-state index in [0.29, 0.717) is 6.54 Å². The number of nitrogens with two attached hydrogens (primary N) is 1. The van der Waals surface area contributed by atoms with E-state index in [9.17, 15) is 14.4 Å². The number of carboxylic acid groups (broad SMARTS) is 1. The number of aliphatic carboxylic acids is 1. The fourth-order valence-corrected chi connectivity index (χ4v) is 1.26. The molecule has 0 aromatic carbocycles. The first-order chi connectivity index (χ1) is 7.86. The van der Waals surface area contributed by atoms with Crippen LogP contribution < -0.4 is 11.1 Å². The number of amides is 3. The molecular formula is C10H19N3O4. The van der Waals surface area contributed by atoms with Gasteiger partial charge in [0.05, 0.1) is 0 Å². The van der Waals surface area contributed by atoms with Crippen LogP contribution in [-0.4, -0.2) is 47.5 Å². The molecule has 0 heterocycles. The maximum Gasteiger partial charge on any atom is 0.317 e. The van der Waals surface area contributed by atoms with Gasteiger partial charge < -0.3 is 21.1 Å². The van der Waals surface area contributed by atoms with E-state index in [1.165, 1.54) is 4.90 Å². The maximum absolute atomic E-state index is 11.6. The van der Waals surface area contributed by atoms with E-state index in [0.717, 1.165) is 0 Å². The van der Waals surface area contributed by atoms with Crippen molar-refractivity contribution < 1.29 is 19.5 Å². The standard InChI is InChI=1S/C10H19N3O4/c1-3-13(6-8(11)14)10(17)12-5-7(2)4-9(15)16/h7H,3-6H2,1-2H3,(H2,11,14)(H,12,17)(H,15,16). The molecule has 0 saturated carbocycles. The van der Waals surface area contributed by atoms with Gasteiger partial charge in [-0.3, -0.25) is 9.59 Å². The van der Waals surface area contributed by atoms with Crippen molar-refractivity contribution in [2.24, 2.45) is 11.7 Å². The molecule has 7 nitrogen and oxygen atoms in total. The lowest BCUT2D eigenvalue weighted by molar-refractivity contribution is -0.137. The molecule has 1 unspecified atom stereocenters. The summed E-state index contributed by atoms with van der Waals surface area (Å²) in [4.78, 5) is 33.9. The summed E-state index contributed by atoms with van der Waals surface area (Å²) in [6.07, 6.45) is -0.0117. The maximum atomic E-state index is 11.6. The second kappa shape index (κ2) is 7.48. The third-order valence-corrected chi connectivity index (χ3v) is 2.14. The van der Waals surface area contributed by atoms with Crippen molar-refractivity contribution in [2.45, 2.75) is 20.3 Å². The number of likely N-dealkylation sites (N-methyl/N-ethyl adjacent to an activating group) is 1. The van der Waals surface area contributed by atoms with E-state index in [-0.39, 0.29) is 25.4 Å². The Labute approximate surface area is 100.0 Å². The summed E-state index contributed by atoms with van der Waals surface area (Å²) in [6.45, 7) is 3.92. The van der Waals surface area contributed by atoms with Crippen molar-refractivity contribution in [1.82, 2.24) is 10.2 Å². The number of rotatable bonds is 7. The Bertz CT molecular complexity index is 293. The number of hydrogen-bond acceptors (Lipinski definition) is 3. The largest absolute Gasteiger partial charge is 0.481 e. The number of nitrogens with one attached hydrogen (secondary N) is 1. The van der Waals surface area contributed by atoms with E-state index in [1.54, 1.807) is 13.8 Å². The highest BCUT2D eigenvalue weighted by atomic mass is 16.4. The van der Waals surface area contributed by atoms with Gasteiger partial charge >= 0.3 is 12.0 Å². The highest BCUT2D eigenvalue weighted by Gasteiger charge is 2.15. The summed E-state index contributed by atoms with van der Waals surface area (Å²) in [6, 6.07) is -0.413. The lowest BCUT2D eigenvalue weighted by Gasteiger charge is -2.20. The van der Waals surface area contributed by atoms with E-state index in [2.05, 4.69) is 5.32 Å². The number of carbonyl (C=O) groups excluding carboxylic acids is 2. The molecule has 98 valence electrons. The highest BCUT2D eigenvalue weighted by Crippen LogP contribution is 2.00. The van der Waals surface area contributed by atoms with Gasteiger partial charge in [-0.2, -0.15) is 0 Å². The van der Waals surface area contributed by atoms with Gasteiger partial charge in [-0.15, -0.1) is 0 Å². The second-order valence-electron chi connectivity index (χ2n) is 3.87. The van der Waals surface area contributed by atoms with Gasteiger partial charge in [0.1, 0.15) is 6.54 Å². The van der Waals surface area contributed by atoms with Gasteiger partial charge in [0.25, 0.3) is 0 Å². The van der Waals surface area contributed by atoms with Crippen LogP contribution in [0.5, 0.6) is 0 Å². The molecule has 0 aromatic heterocycles.